The average Bonchev–Trinajstić information content (AvgIpc) is 2.77. The molecule has 0 unspecified atom stereocenters. The Labute approximate surface area is 118 Å². The molecule has 9 heteroatoms. The molecule has 2 aromatic rings. The van der Waals surface area contributed by atoms with Gasteiger partial charge in [-0.25, -0.2) is 21.6 Å². The van der Waals surface area contributed by atoms with Gasteiger partial charge in [0.05, 0.1) is 12.2 Å². The van der Waals surface area contributed by atoms with Crippen LogP contribution in [0.3, 0.4) is 0 Å². The van der Waals surface area contributed by atoms with E-state index >= 15 is 0 Å². The van der Waals surface area contributed by atoms with E-state index in [0.29, 0.717) is 12.1 Å². The number of nitrogens with two attached hydrogens (primary N) is 1. The fraction of sp³-hybridized carbons (Fsp3) is 0.167. The van der Waals surface area contributed by atoms with Crippen molar-refractivity contribution in [2.75, 3.05) is 4.72 Å². The molecule has 0 saturated carbocycles. The van der Waals surface area contributed by atoms with Crippen LogP contribution in [0.1, 0.15) is 11.5 Å². The Morgan fingerprint density at radius 2 is 1.90 bits per heavy atom. The number of furan rings is 1. The molecule has 0 atom stereocenters. The zero-order chi connectivity index (χ0) is 15.8. The monoisotopic (exact) mass is 320 g/mol. The second-order valence-electron chi connectivity index (χ2n) is 4.19. The summed E-state index contributed by atoms with van der Waals surface area (Å²) in [4.78, 5) is -0.285. The van der Waals surface area contributed by atoms with E-state index in [4.69, 9.17) is 10.2 Å². The van der Waals surface area contributed by atoms with Crippen LogP contribution >= 0.6 is 0 Å². The molecule has 0 aliphatic carbocycles. The van der Waals surface area contributed by atoms with E-state index < -0.39 is 33.2 Å². The maximum absolute atomic E-state index is 13.5. The van der Waals surface area contributed by atoms with Crippen molar-refractivity contribution in [3.8, 4) is 0 Å². The molecule has 0 aliphatic heterocycles. The molecule has 3 N–H and O–H groups in total. The second kappa shape index (κ2) is 5.41. The summed E-state index contributed by atoms with van der Waals surface area (Å²) in [5.41, 5.74) is 4.49. The molecule has 0 saturated heterocycles. The third-order valence-electron chi connectivity index (χ3n) is 2.65. The second-order valence-corrected chi connectivity index (χ2v) is 5.84. The number of hydrogen-bond acceptors (Lipinski definition) is 4. The van der Waals surface area contributed by atoms with Crippen molar-refractivity contribution in [3.63, 3.8) is 0 Å². The first-order valence-corrected chi connectivity index (χ1v) is 7.19. The highest BCUT2D eigenvalue weighted by atomic mass is 32.2. The number of anilines is 1. The van der Waals surface area contributed by atoms with Crippen molar-refractivity contribution >= 4 is 15.7 Å². The van der Waals surface area contributed by atoms with Crippen molar-refractivity contribution < 1.29 is 26.0 Å². The van der Waals surface area contributed by atoms with Gasteiger partial charge in [-0.3, -0.25) is 4.72 Å². The van der Waals surface area contributed by atoms with Crippen molar-refractivity contribution in [1.29, 1.82) is 0 Å². The van der Waals surface area contributed by atoms with Crippen molar-refractivity contribution in [3.05, 3.63) is 47.2 Å². The third kappa shape index (κ3) is 3.03. The number of halogens is 3. The van der Waals surface area contributed by atoms with Gasteiger partial charge >= 0.3 is 0 Å². The summed E-state index contributed by atoms with van der Waals surface area (Å²) in [5, 5.41) is 0. The lowest BCUT2D eigenvalue weighted by molar-refractivity contribution is 0.479. The summed E-state index contributed by atoms with van der Waals surface area (Å²) < 4.78 is 70.7. The van der Waals surface area contributed by atoms with E-state index in [-0.39, 0.29) is 23.0 Å². The van der Waals surface area contributed by atoms with Crippen LogP contribution in [0, 0.1) is 24.4 Å². The highest BCUT2D eigenvalue weighted by molar-refractivity contribution is 7.92. The van der Waals surface area contributed by atoms with Gasteiger partial charge in [0, 0.05) is 18.2 Å². The normalized spacial score (nSPS) is 11.7. The van der Waals surface area contributed by atoms with E-state index in [2.05, 4.69) is 0 Å². The Morgan fingerprint density at radius 1 is 1.24 bits per heavy atom. The van der Waals surface area contributed by atoms with E-state index in [1.807, 2.05) is 0 Å². The zero-order valence-corrected chi connectivity index (χ0v) is 11.6. The van der Waals surface area contributed by atoms with Crippen molar-refractivity contribution in [2.24, 2.45) is 5.73 Å². The van der Waals surface area contributed by atoms with Gasteiger partial charge < -0.3 is 10.2 Å². The maximum Gasteiger partial charge on any atom is 0.265 e. The van der Waals surface area contributed by atoms with E-state index in [1.165, 1.54) is 6.92 Å². The van der Waals surface area contributed by atoms with Crippen LogP contribution in [0.25, 0.3) is 0 Å². The minimum absolute atomic E-state index is 0.0280. The topological polar surface area (TPSA) is 85.3 Å². The molecular weight excluding hydrogens is 309 g/mol. The fourth-order valence-electron chi connectivity index (χ4n) is 1.72. The van der Waals surface area contributed by atoms with E-state index in [1.54, 1.807) is 4.72 Å². The quantitative estimate of drug-likeness (QED) is 0.846. The van der Waals surface area contributed by atoms with Crippen LogP contribution in [0.15, 0.2) is 27.5 Å². The maximum atomic E-state index is 13.5. The predicted octanol–water partition coefficient (Wildman–Crippen LogP) is 2.26. The zero-order valence-electron chi connectivity index (χ0n) is 10.8. The van der Waals surface area contributed by atoms with E-state index in [9.17, 15) is 21.6 Å². The molecule has 5 nitrogen and oxygen atoms in total. The molecule has 0 spiro atoms. The van der Waals surface area contributed by atoms with Crippen LogP contribution < -0.4 is 10.5 Å². The van der Waals surface area contributed by atoms with Crippen LogP contribution in [-0.2, 0) is 16.6 Å². The van der Waals surface area contributed by atoms with E-state index in [0.717, 1.165) is 6.07 Å². The Bertz CT molecular complexity index is 787. The average molecular weight is 320 g/mol. The van der Waals surface area contributed by atoms with Gasteiger partial charge in [-0.2, -0.15) is 0 Å². The summed E-state index contributed by atoms with van der Waals surface area (Å²) >= 11 is 0. The molecule has 0 bridgehead atoms. The predicted molar refractivity (Wildman–Crippen MR) is 68.5 cm³/mol. The number of sulfonamides is 1. The van der Waals surface area contributed by atoms with Crippen LogP contribution in [0.4, 0.5) is 18.9 Å². The van der Waals surface area contributed by atoms with Gasteiger partial charge in [-0.15, -0.1) is 0 Å². The molecule has 0 aliphatic rings. The minimum atomic E-state index is -4.26. The summed E-state index contributed by atoms with van der Waals surface area (Å²) in [5.74, 6) is -3.88. The molecule has 114 valence electrons. The van der Waals surface area contributed by atoms with Gasteiger partial charge in [-0.1, -0.05) is 0 Å². The van der Waals surface area contributed by atoms with Gasteiger partial charge in [0.15, 0.2) is 11.6 Å². The fourth-order valence-corrected chi connectivity index (χ4v) is 2.98. The summed E-state index contributed by atoms with van der Waals surface area (Å²) in [6.07, 6.45) is 0. The highest BCUT2D eigenvalue weighted by Crippen LogP contribution is 2.25. The lowest BCUT2D eigenvalue weighted by Crippen LogP contribution is -2.15. The number of benzene rings is 1. The molecule has 1 heterocycles. The Kier molecular flexibility index (Phi) is 3.97. The number of rotatable bonds is 4. The number of nitrogens with one attached hydrogen (secondary N) is 1. The molecule has 1 aromatic heterocycles. The molecule has 2 rings (SSSR count). The Balaban J connectivity index is 2.44. The summed E-state index contributed by atoms with van der Waals surface area (Å²) in [7, 11) is -4.26. The number of hydrogen-bond donors (Lipinski definition) is 2. The highest BCUT2D eigenvalue weighted by Gasteiger charge is 2.23. The summed E-state index contributed by atoms with van der Waals surface area (Å²) in [6, 6.07) is 2.00. The molecular formula is C12H11F3N2O3S. The van der Waals surface area contributed by atoms with Gasteiger partial charge in [0.2, 0.25) is 0 Å². The van der Waals surface area contributed by atoms with Crippen LogP contribution in [-0.4, -0.2) is 8.42 Å². The molecule has 1 aromatic carbocycles. The van der Waals surface area contributed by atoms with Gasteiger partial charge in [0.25, 0.3) is 10.0 Å². The van der Waals surface area contributed by atoms with Crippen LogP contribution in [0.5, 0.6) is 0 Å². The van der Waals surface area contributed by atoms with Crippen LogP contribution in [0.2, 0.25) is 0 Å². The van der Waals surface area contributed by atoms with Crippen molar-refractivity contribution in [2.45, 2.75) is 18.4 Å². The largest absolute Gasteiger partial charge is 0.464 e. The molecule has 0 amide bonds. The first-order valence-electron chi connectivity index (χ1n) is 5.71. The number of aryl methyl sites for hydroxylation is 1. The SMILES string of the molecule is Cc1oc(CN)cc1S(=O)(=O)Nc1cc(F)cc(F)c1F. The first kappa shape index (κ1) is 15.4. The lowest BCUT2D eigenvalue weighted by Gasteiger charge is -2.08. The van der Waals surface area contributed by atoms with Gasteiger partial charge in [0.1, 0.15) is 22.2 Å². The molecule has 0 fully saturated rings. The third-order valence-corrected chi connectivity index (χ3v) is 4.12. The molecule has 21 heavy (non-hydrogen) atoms. The lowest BCUT2D eigenvalue weighted by atomic mass is 10.3. The standard InChI is InChI=1S/C12H11F3N2O3S/c1-6-11(4-8(5-16)20-6)21(18,19)17-10-3-7(13)2-9(14)12(10)15/h2-4,17H,5,16H2,1H3. The van der Waals surface area contributed by atoms with Gasteiger partial charge in [-0.05, 0) is 6.92 Å². The smallest absolute Gasteiger partial charge is 0.265 e. The van der Waals surface area contributed by atoms with Crippen molar-refractivity contribution in [1.82, 2.24) is 0 Å². The Hall–Kier alpha value is -2.00. The first-order chi connectivity index (χ1) is 9.74. The molecule has 0 radical (unpaired) electrons. The summed E-state index contributed by atoms with van der Waals surface area (Å²) in [6.45, 7) is 1.34. The Morgan fingerprint density at radius 3 is 2.48 bits per heavy atom. The minimum Gasteiger partial charge on any atom is -0.464 e.